The van der Waals surface area contributed by atoms with Gasteiger partial charge in [0.05, 0.1) is 12.5 Å². The summed E-state index contributed by atoms with van der Waals surface area (Å²) in [6.07, 6.45) is 3.52. The molecule has 1 N–H and O–H groups in total. The Labute approximate surface area is 144 Å². The van der Waals surface area contributed by atoms with Gasteiger partial charge in [0.15, 0.2) is 0 Å². The Kier molecular flexibility index (Phi) is 7.09. The summed E-state index contributed by atoms with van der Waals surface area (Å²) in [6, 6.07) is 8.01. The number of nitrogens with one attached hydrogen (secondary N) is 1. The fraction of sp³-hybridized carbons (Fsp3) is 0.579. The number of rotatable bonds is 7. The number of carbonyl (C=O) groups excluding carboxylic acids is 2. The Balaban J connectivity index is 1.77. The number of carbonyl (C=O) groups is 2. The van der Waals surface area contributed by atoms with Crippen LogP contribution in [0.25, 0.3) is 0 Å². The van der Waals surface area contributed by atoms with E-state index in [0.717, 1.165) is 43.5 Å². The highest BCUT2D eigenvalue weighted by molar-refractivity contribution is 5.80. The van der Waals surface area contributed by atoms with Gasteiger partial charge in [-0.05, 0) is 43.4 Å². The lowest BCUT2D eigenvalue weighted by Crippen LogP contribution is -2.45. The Bertz CT molecular complexity index is 559. The number of hydrogen-bond donors (Lipinski definition) is 1. The molecule has 1 atom stereocenters. The molecule has 132 valence electrons. The predicted molar refractivity (Wildman–Crippen MR) is 93.9 cm³/mol. The first-order valence-corrected chi connectivity index (χ1v) is 8.85. The van der Waals surface area contributed by atoms with E-state index in [4.69, 9.17) is 4.74 Å². The van der Waals surface area contributed by atoms with Crippen molar-refractivity contribution in [1.82, 2.24) is 10.2 Å². The van der Waals surface area contributed by atoms with Gasteiger partial charge in [-0.3, -0.25) is 9.59 Å². The van der Waals surface area contributed by atoms with Gasteiger partial charge < -0.3 is 15.0 Å². The van der Waals surface area contributed by atoms with Gasteiger partial charge in [0, 0.05) is 26.6 Å². The second-order valence-electron chi connectivity index (χ2n) is 6.34. The zero-order valence-corrected chi connectivity index (χ0v) is 14.7. The number of piperidine rings is 1. The summed E-state index contributed by atoms with van der Waals surface area (Å²) in [4.78, 5) is 25.5. The molecule has 1 fully saturated rings. The summed E-state index contributed by atoms with van der Waals surface area (Å²) in [7, 11) is 0. The molecule has 1 aromatic rings. The molecule has 0 aromatic heterocycles. The molecule has 24 heavy (non-hydrogen) atoms. The molecule has 0 aliphatic carbocycles. The van der Waals surface area contributed by atoms with Crippen molar-refractivity contribution in [3.05, 3.63) is 29.8 Å². The van der Waals surface area contributed by atoms with Crippen molar-refractivity contribution in [2.45, 2.75) is 39.5 Å². The SMILES string of the molecule is CCCOc1cccc(CCNC(=O)C2CCCN(C(C)=O)C2)c1. The fourth-order valence-corrected chi connectivity index (χ4v) is 2.96. The van der Waals surface area contributed by atoms with Crippen LogP contribution >= 0.6 is 0 Å². The molecular formula is C19H28N2O3. The van der Waals surface area contributed by atoms with Crippen molar-refractivity contribution in [2.24, 2.45) is 5.92 Å². The van der Waals surface area contributed by atoms with E-state index in [1.165, 1.54) is 0 Å². The average Bonchev–Trinajstić information content (AvgIpc) is 2.60. The van der Waals surface area contributed by atoms with Crippen LogP contribution in [0.3, 0.4) is 0 Å². The first-order chi connectivity index (χ1) is 11.6. The molecule has 0 spiro atoms. The van der Waals surface area contributed by atoms with Crippen LogP contribution in [-0.2, 0) is 16.0 Å². The molecule has 1 aromatic carbocycles. The van der Waals surface area contributed by atoms with Crippen molar-refractivity contribution in [1.29, 1.82) is 0 Å². The molecule has 1 aliphatic heterocycles. The predicted octanol–water partition coefficient (Wildman–Crippen LogP) is 2.39. The number of likely N-dealkylation sites (tertiary alicyclic amines) is 1. The smallest absolute Gasteiger partial charge is 0.224 e. The fourth-order valence-electron chi connectivity index (χ4n) is 2.96. The van der Waals surface area contributed by atoms with E-state index in [9.17, 15) is 9.59 Å². The molecule has 1 unspecified atom stereocenters. The standard InChI is InChI=1S/C19H28N2O3/c1-3-12-24-18-8-4-6-16(13-18)9-10-20-19(23)17-7-5-11-21(14-17)15(2)22/h4,6,8,13,17H,3,5,7,9-12,14H2,1-2H3,(H,20,23). The highest BCUT2D eigenvalue weighted by Crippen LogP contribution is 2.17. The molecule has 1 saturated heterocycles. The Hall–Kier alpha value is -2.04. The van der Waals surface area contributed by atoms with Gasteiger partial charge >= 0.3 is 0 Å². The van der Waals surface area contributed by atoms with Gasteiger partial charge in [-0.15, -0.1) is 0 Å². The lowest BCUT2D eigenvalue weighted by Gasteiger charge is -2.31. The molecule has 0 saturated carbocycles. The van der Waals surface area contributed by atoms with Crippen molar-refractivity contribution in [3.63, 3.8) is 0 Å². The molecule has 5 heteroatoms. The first-order valence-electron chi connectivity index (χ1n) is 8.85. The second-order valence-corrected chi connectivity index (χ2v) is 6.34. The molecule has 0 radical (unpaired) electrons. The maximum atomic E-state index is 12.3. The molecule has 0 bridgehead atoms. The summed E-state index contributed by atoms with van der Waals surface area (Å²) in [5.41, 5.74) is 1.15. The Morgan fingerprint density at radius 1 is 1.38 bits per heavy atom. The van der Waals surface area contributed by atoms with E-state index < -0.39 is 0 Å². The lowest BCUT2D eigenvalue weighted by molar-refractivity contribution is -0.133. The summed E-state index contributed by atoms with van der Waals surface area (Å²) in [6.45, 7) is 6.28. The molecule has 1 heterocycles. The van der Waals surface area contributed by atoms with Crippen LogP contribution in [0, 0.1) is 5.92 Å². The first kappa shape index (κ1) is 18.3. The number of amides is 2. The van der Waals surface area contributed by atoms with Crippen LogP contribution in [0.2, 0.25) is 0 Å². The van der Waals surface area contributed by atoms with E-state index in [1.807, 2.05) is 24.3 Å². The van der Waals surface area contributed by atoms with Crippen molar-refractivity contribution in [3.8, 4) is 5.75 Å². The monoisotopic (exact) mass is 332 g/mol. The number of hydrogen-bond acceptors (Lipinski definition) is 3. The van der Waals surface area contributed by atoms with Crippen LogP contribution in [0.5, 0.6) is 5.75 Å². The van der Waals surface area contributed by atoms with Crippen LogP contribution < -0.4 is 10.1 Å². The second kappa shape index (κ2) is 9.30. The summed E-state index contributed by atoms with van der Waals surface area (Å²) < 4.78 is 5.63. The lowest BCUT2D eigenvalue weighted by atomic mass is 9.97. The number of ether oxygens (including phenoxy) is 1. The zero-order valence-electron chi connectivity index (χ0n) is 14.7. The van der Waals surface area contributed by atoms with Gasteiger partial charge in [-0.1, -0.05) is 19.1 Å². The highest BCUT2D eigenvalue weighted by Gasteiger charge is 2.26. The number of benzene rings is 1. The molecule has 2 rings (SSSR count). The van der Waals surface area contributed by atoms with Crippen LogP contribution in [0.1, 0.15) is 38.7 Å². The molecule has 1 aliphatic rings. The third-order valence-corrected chi connectivity index (χ3v) is 4.32. The van der Waals surface area contributed by atoms with Crippen LogP contribution in [-0.4, -0.2) is 43.0 Å². The van der Waals surface area contributed by atoms with Gasteiger partial charge in [0.1, 0.15) is 5.75 Å². The summed E-state index contributed by atoms with van der Waals surface area (Å²) in [5, 5.41) is 3.01. The molecule has 2 amide bonds. The van der Waals surface area contributed by atoms with Crippen molar-refractivity contribution >= 4 is 11.8 Å². The summed E-state index contributed by atoms with van der Waals surface area (Å²) in [5.74, 6) is 0.905. The van der Waals surface area contributed by atoms with E-state index in [2.05, 4.69) is 12.2 Å². The van der Waals surface area contributed by atoms with E-state index in [0.29, 0.717) is 19.7 Å². The largest absolute Gasteiger partial charge is 0.494 e. The maximum Gasteiger partial charge on any atom is 0.224 e. The minimum absolute atomic E-state index is 0.0522. The van der Waals surface area contributed by atoms with Crippen molar-refractivity contribution < 1.29 is 14.3 Å². The normalized spacial score (nSPS) is 17.4. The minimum atomic E-state index is -0.0816. The zero-order chi connectivity index (χ0) is 17.4. The van der Waals surface area contributed by atoms with Crippen molar-refractivity contribution in [2.75, 3.05) is 26.2 Å². The van der Waals surface area contributed by atoms with E-state index >= 15 is 0 Å². The van der Waals surface area contributed by atoms with Crippen LogP contribution in [0.15, 0.2) is 24.3 Å². The maximum absolute atomic E-state index is 12.3. The Morgan fingerprint density at radius 2 is 2.21 bits per heavy atom. The van der Waals surface area contributed by atoms with Gasteiger partial charge in [0.25, 0.3) is 0 Å². The van der Waals surface area contributed by atoms with Gasteiger partial charge in [0.2, 0.25) is 11.8 Å². The third kappa shape index (κ3) is 5.55. The summed E-state index contributed by atoms with van der Waals surface area (Å²) >= 11 is 0. The number of nitrogens with zero attached hydrogens (tertiary/aromatic N) is 1. The third-order valence-electron chi connectivity index (χ3n) is 4.32. The topological polar surface area (TPSA) is 58.6 Å². The highest BCUT2D eigenvalue weighted by atomic mass is 16.5. The van der Waals surface area contributed by atoms with E-state index in [-0.39, 0.29) is 17.7 Å². The quantitative estimate of drug-likeness (QED) is 0.834. The molecule has 5 nitrogen and oxygen atoms in total. The Morgan fingerprint density at radius 3 is 2.96 bits per heavy atom. The van der Waals surface area contributed by atoms with Crippen LogP contribution in [0.4, 0.5) is 0 Å². The van der Waals surface area contributed by atoms with Gasteiger partial charge in [-0.25, -0.2) is 0 Å². The van der Waals surface area contributed by atoms with Gasteiger partial charge in [-0.2, -0.15) is 0 Å². The average molecular weight is 332 g/mol. The molecular weight excluding hydrogens is 304 g/mol. The van der Waals surface area contributed by atoms with E-state index in [1.54, 1.807) is 11.8 Å². The minimum Gasteiger partial charge on any atom is -0.494 e.